The lowest BCUT2D eigenvalue weighted by Crippen LogP contribution is -2.47. The highest BCUT2D eigenvalue weighted by Gasteiger charge is 2.19. The van der Waals surface area contributed by atoms with Crippen LogP contribution in [0.3, 0.4) is 0 Å². The highest BCUT2D eigenvalue weighted by atomic mass is 16.1. The molecule has 0 aliphatic carbocycles. The van der Waals surface area contributed by atoms with E-state index in [1.807, 2.05) is 36.4 Å². The van der Waals surface area contributed by atoms with Gasteiger partial charge in [0, 0.05) is 38.4 Å². The van der Waals surface area contributed by atoms with Crippen LogP contribution in [0, 0.1) is 0 Å². The molecule has 0 atom stereocenters. The van der Waals surface area contributed by atoms with E-state index in [9.17, 15) is 4.79 Å². The van der Waals surface area contributed by atoms with Crippen molar-refractivity contribution in [1.82, 2.24) is 15.1 Å². The van der Waals surface area contributed by atoms with Crippen molar-refractivity contribution in [3.05, 3.63) is 84.1 Å². The first kappa shape index (κ1) is 19.1. The first-order chi connectivity index (χ1) is 14.3. The Morgan fingerprint density at radius 3 is 2.17 bits per heavy atom. The van der Waals surface area contributed by atoms with Gasteiger partial charge in [-0.05, 0) is 36.2 Å². The van der Waals surface area contributed by atoms with Gasteiger partial charge in [0.15, 0.2) is 11.5 Å². The number of piperazine rings is 1. The number of amides is 1. The van der Waals surface area contributed by atoms with E-state index < -0.39 is 0 Å². The molecule has 2 heterocycles. The molecule has 29 heavy (non-hydrogen) atoms. The summed E-state index contributed by atoms with van der Waals surface area (Å²) in [5, 5.41) is 11.2. The van der Waals surface area contributed by atoms with Gasteiger partial charge in [-0.15, -0.1) is 10.2 Å². The minimum atomic E-state index is -0.249. The van der Waals surface area contributed by atoms with Gasteiger partial charge in [-0.2, -0.15) is 0 Å². The van der Waals surface area contributed by atoms with E-state index in [2.05, 4.69) is 55.6 Å². The van der Waals surface area contributed by atoms with Crippen molar-refractivity contribution < 1.29 is 4.79 Å². The number of nitrogens with one attached hydrogen (secondary N) is 1. The van der Waals surface area contributed by atoms with Gasteiger partial charge >= 0.3 is 0 Å². The fourth-order valence-corrected chi connectivity index (χ4v) is 3.46. The summed E-state index contributed by atoms with van der Waals surface area (Å²) >= 11 is 0. The number of carbonyl (C=O) groups is 1. The molecule has 2 aromatic carbocycles. The molecule has 1 saturated heterocycles. The summed E-state index contributed by atoms with van der Waals surface area (Å²) in [6, 6.07) is 23.6. The van der Waals surface area contributed by atoms with Crippen LogP contribution >= 0.6 is 0 Å². The molecule has 1 amide bonds. The fourth-order valence-electron chi connectivity index (χ4n) is 3.46. The number of nitrogens with zero attached hydrogens (tertiary/aromatic N) is 4. The molecule has 4 rings (SSSR count). The van der Waals surface area contributed by atoms with Crippen LogP contribution in [0.1, 0.15) is 16.1 Å². The SMILES string of the molecule is O=C(Nc1ccccc1)c1ccc(N2CCN(CCc3ccccc3)CC2)nn1. The van der Waals surface area contributed by atoms with Gasteiger partial charge in [0.05, 0.1) is 0 Å². The Hall–Kier alpha value is -3.25. The van der Waals surface area contributed by atoms with E-state index in [0.29, 0.717) is 5.69 Å². The van der Waals surface area contributed by atoms with E-state index in [1.54, 1.807) is 6.07 Å². The number of carbonyl (C=O) groups excluding carboxylic acids is 1. The number of anilines is 2. The van der Waals surface area contributed by atoms with Gasteiger partial charge in [-0.25, -0.2) is 0 Å². The number of hydrogen-bond acceptors (Lipinski definition) is 5. The van der Waals surface area contributed by atoms with Crippen LogP contribution in [-0.2, 0) is 6.42 Å². The molecule has 1 aromatic heterocycles. The van der Waals surface area contributed by atoms with Gasteiger partial charge < -0.3 is 10.2 Å². The second-order valence-electron chi connectivity index (χ2n) is 7.16. The van der Waals surface area contributed by atoms with E-state index in [1.165, 1.54) is 5.56 Å². The third-order valence-electron chi connectivity index (χ3n) is 5.17. The largest absolute Gasteiger partial charge is 0.353 e. The molecule has 3 aromatic rings. The monoisotopic (exact) mass is 387 g/mol. The molecular weight excluding hydrogens is 362 g/mol. The lowest BCUT2D eigenvalue weighted by Gasteiger charge is -2.35. The molecule has 0 radical (unpaired) electrons. The molecule has 0 bridgehead atoms. The lowest BCUT2D eigenvalue weighted by molar-refractivity contribution is 0.102. The van der Waals surface area contributed by atoms with Crippen LogP contribution < -0.4 is 10.2 Å². The van der Waals surface area contributed by atoms with Gasteiger partial charge in [0.2, 0.25) is 0 Å². The summed E-state index contributed by atoms with van der Waals surface area (Å²) in [6.45, 7) is 4.91. The van der Waals surface area contributed by atoms with Crippen LogP contribution in [0.5, 0.6) is 0 Å². The van der Waals surface area contributed by atoms with Crippen molar-refractivity contribution in [2.24, 2.45) is 0 Å². The van der Waals surface area contributed by atoms with E-state index in [4.69, 9.17) is 0 Å². The van der Waals surface area contributed by atoms with Crippen LogP contribution in [0.4, 0.5) is 11.5 Å². The van der Waals surface area contributed by atoms with E-state index >= 15 is 0 Å². The molecule has 0 spiro atoms. The summed E-state index contributed by atoms with van der Waals surface area (Å²) in [5.74, 6) is 0.574. The highest BCUT2D eigenvalue weighted by Crippen LogP contribution is 2.14. The molecule has 1 aliphatic heterocycles. The van der Waals surface area contributed by atoms with Crippen LogP contribution in [0.2, 0.25) is 0 Å². The Morgan fingerprint density at radius 2 is 1.52 bits per heavy atom. The van der Waals surface area contributed by atoms with Crippen molar-refractivity contribution in [2.45, 2.75) is 6.42 Å². The molecule has 148 valence electrons. The van der Waals surface area contributed by atoms with Gasteiger partial charge in [0.1, 0.15) is 0 Å². The zero-order valence-corrected chi connectivity index (χ0v) is 16.4. The molecule has 0 unspecified atom stereocenters. The summed E-state index contributed by atoms with van der Waals surface area (Å²) in [7, 11) is 0. The lowest BCUT2D eigenvalue weighted by atomic mass is 10.1. The van der Waals surface area contributed by atoms with Crippen LogP contribution in [0.15, 0.2) is 72.8 Å². The standard InChI is InChI=1S/C23H25N5O/c29-23(24-20-9-5-2-6-10-20)21-11-12-22(26-25-21)28-17-15-27(16-18-28)14-13-19-7-3-1-4-8-19/h1-12H,13-18H2,(H,24,29). The summed E-state index contributed by atoms with van der Waals surface area (Å²) in [6.07, 6.45) is 1.08. The Balaban J connectivity index is 1.27. The van der Waals surface area contributed by atoms with Crippen LogP contribution in [-0.4, -0.2) is 53.7 Å². The molecule has 1 N–H and O–H groups in total. The molecular formula is C23H25N5O. The third kappa shape index (κ3) is 5.18. The maximum absolute atomic E-state index is 12.3. The highest BCUT2D eigenvalue weighted by molar-refractivity contribution is 6.02. The maximum atomic E-state index is 12.3. The predicted molar refractivity (Wildman–Crippen MR) is 115 cm³/mol. The molecule has 1 aliphatic rings. The molecule has 6 heteroatoms. The minimum Gasteiger partial charge on any atom is -0.353 e. The number of para-hydroxylation sites is 1. The number of hydrogen-bond donors (Lipinski definition) is 1. The molecule has 6 nitrogen and oxygen atoms in total. The Labute approximate surface area is 171 Å². The number of rotatable bonds is 6. The van der Waals surface area contributed by atoms with Crippen molar-refractivity contribution >= 4 is 17.4 Å². The average molecular weight is 387 g/mol. The van der Waals surface area contributed by atoms with Crippen molar-refractivity contribution in [1.29, 1.82) is 0 Å². The quantitative estimate of drug-likeness (QED) is 0.704. The molecule has 0 saturated carbocycles. The topological polar surface area (TPSA) is 61.4 Å². The normalized spacial score (nSPS) is 14.6. The average Bonchev–Trinajstić information content (AvgIpc) is 2.79. The van der Waals surface area contributed by atoms with Gasteiger partial charge in [-0.3, -0.25) is 9.69 Å². The van der Waals surface area contributed by atoms with Crippen molar-refractivity contribution in [3.8, 4) is 0 Å². The minimum absolute atomic E-state index is 0.249. The molecule has 1 fully saturated rings. The first-order valence-electron chi connectivity index (χ1n) is 9.99. The summed E-state index contributed by atoms with van der Waals surface area (Å²) in [5.41, 5.74) is 2.44. The van der Waals surface area contributed by atoms with Crippen LogP contribution in [0.25, 0.3) is 0 Å². The number of benzene rings is 2. The fraction of sp³-hybridized carbons (Fsp3) is 0.261. The maximum Gasteiger partial charge on any atom is 0.276 e. The zero-order chi connectivity index (χ0) is 19.9. The smallest absolute Gasteiger partial charge is 0.276 e. The second-order valence-corrected chi connectivity index (χ2v) is 7.16. The number of aromatic nitrogens is 2. The van der Waals surface area contributed by atoms with Gasteiger partial charge in [0.25, 0.3) is 5.91 Å². The Bertz CT molecular complexity index is 907. The van der Waals surface area contributed by atoms with E-state index in [-0.39, 0.29) is 5.91 Å². The van der Waals surface area contributed by atoms with E-state index in [0.717, 1.165) is 50.6 Å². The van der Waals surface area contributed by atoms with Crippen molar-refractivity contribution in [2.75, 3.05) is 42.9 Å². The Morgan fingerprint density at radius 1 is 0.828 bits per heavy atom. The summed E-state index contributed by atoms with van der Waals surface area (Å²) < 4.78 is 0. The predicted octanol–water partition coefficient (Wildman–Crippen LogP) is 3.09. The first-order valence-corrected chi connectivity index (χ1v) is 9.99. The second kappa shape index (κ2) is 9.30. The third-order valence-corrected chi connectivity index (χ3v) is 5.17. The zero-order valence-electron chi connectivity index (χ0n) is 16.4. The van der Waals surface area contributed by atoms with Gasteiger partial charge in [-0.1, -0.05) is 48.5 Å². The Kier molecular flexibility index (Phi) is 6.12. The summed E-state index contributed by atoms with van der Waals surface area (Å²) in [4.78, 5) is 17.0. The van der Waals surface area contributed by atoms with Crippen molar-refractivity contribution in [3.63, 3.8) is 0 Å².